The van der Waals surface area contributed by atoms with Gasteiger partial charge in [-0.1, -0.05) is 18.2 Å². The number of benzene rings is 1. The monoisotopic (exact) mass is 356 g/mol. The first-order valence-electron chi connectivity index (χ1n) is 9.21. The molecule has 1 aliphatic carbocycles. The van der Waals surface area contributed by atoms with E-state index in [2.05, 4.69) is 5.32 Å². The van der Waals surface area contributed by atoms with Crippen molar-refractivity contribution in [2.24, 2.45) is 5.73 Å². The van der Waals surface area contributed by atoms with E-state index >= 15 is 0 Å². The maximum Gasteiger partial charge on any atom is 0.416 e. The summed E-state index contributed by atoms with van der Waals surface area (Å²) in [7, 11) is 0. The van der Waals surface area contributed by atoms with Gasteiger partial charge >= 0.3 is 6.18 Å². The third-order valence-electron chi connectivity index (χ3n) is 5.51. The Morgan fingerprint density at radius 3 is 2.56 bits per heavy atom. The summed E-state index contributed by atoms with van der Waals surface area (Å²) in [5, 5.41) is 3.41. The zero-order valence-corrected chi connectivity index (χ0v) is 14.4. The number of hydrogen-bond acceptors (Lipinski definition) is 3. The Bertz CT molecular complexity index is 556. The van der Waals surface area contributed by atoms with Crippen molar-refractivity contribution in [3.63, 3.8) is 0 Å². The van der Waals surface area contributed by atoms with Crippen LogP contribution in [0.4, 0.5) is 13.2 Å². The minimum Gasteiger partial charge on any atom is -0.377 e. The van der Waals surface area contributed by atoms with Crippen LogP contribution in [0.3, 0.4) is 0 Å². The molecule has 3 rings (SSSR count). The molecule has 140 valence electrons. The fraction of sp³-hybridized carbons (Fsp3) is 0.684. The van der Waals surface area contributed by atoms with Gasteiger partial charge in [0, 0.05) is 12.1 Å². The van der Waals surface area contributed by atoms with Crippen molar-refractivity contribution in [2.45, 2.75) is 68.8 Å². The lowest BCUT2D eigenvalue weighted by atomic mass is 9.82. The molecule has 0 spiro atoms. The molecular formula is C19H27F3N2O. The molecule has 3 nitrogen and oxygen atoms in total. The van der Waals surface area contributed by atoms with E-state index in [1.165, 1.54) is 12.1 Å². The van der Waals surface area contributed by atoms with E-state index in [9.17, 15) is 13.2 Å². The summed E-state index contributed by atoms with van der Waals surface area (Å²) in [6.45, 7) is 1.62. The lowest BCUT2D eigenvalue weighted by molar-refractivity contribution is -0.137. The SMILES string of the molecule is N[C@H]1CCCN[C@H]1COC1CCC(c2cccc(C(F)(F)F)c2)CC1. The van der Waals surface area contributed by atoms with Crippen molar-refractivity contribution in [2.75, 3.05) is 13.2 Å². The number of ether oxygens (including phenoxy) is 1. The van der Waals surface area contributed by atoms with Crippen LogP contribution in [0.1, 0.15) is 55.6 Å². The largest absolute Gasteiger partial charge is 0.416 e. The lowest BCUT2D eigenvalue weighted by Gasteiger charge is -2.33. The number of alkyl halides is 3. The van der Waals surface area contributed by atoms with Gasteiger partial charge in [0.1, 0.15) is 0 Å². The van der Waals surface area contributed by atoms with Crippen molar-refractivity contribution in [3.8, 4) is 0 Å². The van der Waals surface area contributed by atoms with Crippen molar-refractivity contribution in [3.05, 3.63) is 35.4 Å². The molecule has 2 aliphatic rings. The maximum atomic E-state index is 12.9. The molecule has 2 fully saturated rings. The minimum atomic E-state index is -4.28. The van der Waals surface area contributed by atoms with Crippen molar-refractivity contribution < 1.29 is 17.9 Å². The third-order valence-corrected chi connectivity index (χ3v) is 5.51. The van der Waals surface area contributed by atoms with E-state index in [1.807, 2.05) is 6.07 Å². The summed E-state index contributed by atoms with van der Waals surface area (Å²) in [5.41, 5.74) is 6.35. The van der Waals surface area contributed by atoms with Gasteiger partial charge in [0.05, 0.1) is 18.3 Å². The van der Waals surface area contributed by atoms with Crippen LogP contribution in [0.5, 0.6) is 0 Å². The first-order valence-corrected chi connectivity index (χ1v) is 9.21. The molecule has 1 saturated heterocycles. The van der Waals surface area contributed by atoms with Gasteiger partial charge in [-0.15, -0.1) is 0 Å². The van der Waals surface area contributed by atoms with Crippen LogP contribution in [0, 0.1) is 0 Å². The molecule has 1 aromatic carbocycles. The second kappa shape index (κ2) is 8.06. The number of nitrogens with two attached hydrogens (primary N) is 1. The van der Waals surface area contributed by atoms with Gasteiger partial charge in [-0.3, -0.25) is 0 Å². The van der Waals surface area contributed by atoms with E-state index in [4.69, 9.17) is 10.5 Å². The van der Waals surface area contributed by atoms with Gasteiger partial charge in [0.2, 0.25) is 0 Å². The normalized spacial score (nSPS) is 31.0. The predicted molar refractivity (Wildman–Crippen MR) is 91.4 cm³/mol. The highest BCUT2D eigenvalue weighted by Gasteiger charge is 2.32. The van der Waals surface area contributed by atoms with Crippen molar-refractivity contribution >= 4 is 0 Å². The first-order chi connectivity index (χ1) is 11.9. The Hall–Kier alpha value is -1.11. The van der Waals surface area contributed by atoms with Gasteiger partial charge in [0.25, 0.3) is 0 Å². The summed E-state index contributed by atoms with van der Waals surface area (Å²) in [5.74, 6) is 0.192. The second-order valence-electron chi connectivity index (χ2n) is 7.30. The van der Waals surface area contributed by atoms with Crippen LogP contribution in [0.2, 0.25) is 0 Å². The lowest BCUT2D eigenvalue weighted by Crippen LogP contribution is -2.52. The molecule has 25 heavy (non-hydrogen) atoms. The highest BCUT2D eigenvalue weighted by molar-refractivity contribution is 5.28. The predicted octanol–water partition coefficient (Wildman–Crippen LogP) is 3.83. The summed E-state index contributed by atoms with van der Waals surface area (Å²) >= 11 is 0. The fourth-order valence-corrected chi connectivity index (χ4v) is 3.93. The number of piperidine rings is 1. The Balaban J connectivity index is 1.49. The van der Waals surface area contributed by atoms with Gasteiger partial charge in [0.15, 0.2) is 0 Å². The Morgan fingerprint density at radius 1 is 1.12 bits per heavy atom. The molecule has 0 amide bonds. The molecule has 0 unspecified atom stereocenters. The zero-order chi connectivity index (χ0) is 17.9. The molecule has 0 bridgehead atoms. The summed E-state index contributed by atoms with van der Waals surface area (Å²) < 4.78 is 44.6. The zero-order valence-electron chi connectivity index (χ0n) is 14.4. The second-order valence-corrected chi connectivity index (χ2v) is 7.30. The van der Waals surface area contributed by atoms with Gasteiger partial charge in [-0.2, -0.15) is 13.2 Å². The molecule has 6 heteroatoms. The highest BCUT2D eigenvalue weighted by Crippen LogP contribution is 2.37. The molecule has 1 aliphatic heterocycles. The minimum absolute atomic E-state index is 0.148. The molecule has 2 atom stereocenters. The highest BCUT2D eigenvalue weighted by atomic mass is 19.4. The van der Waals surface area contributed by atoms with E-state index in [0.717, 1.165) is 56.7 Å². The molecular weight excluding hydrogens is 329 g/mol. The number of halogens is 3. The van der Waals surface area contributed by atoms with E-state index in [0.29, 0.717) is 6.61 Å². The molecule has 0 aromatic heterocycles. The average Bonchev–Trinajstić information content (AvgIpc) is 2.61. The van der Waals surface area contributed by atoms with E-state index < -0.39 is 11.7 Å². The van der Waals surface area contributed by atoms with Crippen LogP contribution in [0.25, 0.3) is 0 Å². The van der Waals surface area contributed by atoms with Gasteiger partial charge in [-0.25, -0.2) is 0 Å². The summed E-state index contributed by atoms with van der Waals surface area (Å²) in [6, 6.07) is 6.13. The molecule has 0 radical (unpaired) electrons. The van der Waals surface area contributed by atoms with Crippen molar-refractivity contribution in [1.82, 2.24) is 5.32 Å². The summed E-state index contributed by atoms with van der Waals surface area (Å²) in [4.78, 5) is 0. The maximum absolute atomic E-state index is 12.9. The topological polar surface area (TPSA) is 47.3 Å². The molecule has 3 N–H and O–H groups in total. The standard InChI is InChI=1S/C19H27F3N2O/c20-19(21,22)15-4-1-3-14(11-15)13-6-8-16(9-7-13)25-12-18-17(23)5-2-10-24-18/h1,3-4,11,13,16-18,24H,2,5-10,12,23H2/t13?,16?,17-,18-/m0/s1. The average molecular weight is 356 g/mol. The Kier molecular flexibility index (Phi) is 6.02. The van der Waals surface area contributed by atoms with Gasteiger partial charge in [-0.05, 0) is 62.6 Å². The Morgan fingerprint density at radius 2 is 1.88 bits per heavy atom. The van der Waals surface area contributed by atoms with Crippen LogP contribution in [-0.2, 0) is 10.9 Å². The van der Waals surface area contributed by atoms with Crippen LogP contribution < -0.4 is 11.1 Å². The quantitative estimate of drug-likeness (QED) is 0.862. The van der Waals surface area contributed by atoms with Crippen LogP contribution >= 0.6 is 0 Å². The van der Waals surface area contributed by atoms with Crippen LogP contribution in [-0.4, -0.2) is 31.3 Å². The van der Waals surface area contributed by atoms with Gasteiger partial charge < -0.3 is 15.8 Å². The van der Waals surface area contributed by atoms with Crippen molar-refractivity contribution in [1.29, 1.82) is 0 Å². The smallest absolute Gasteiger partial charge is 0.377 e. The fourth-order valence-electron chi connectivity index (χ4n) is 3.93. The molecule has 1 saturated carbocycles. The molecule has 1 heterocycles. The first kappa shape index (κ1) is 18.7. The molecule has 1 aromatic rings. The third kappa shape index (κ3) is 4.96. The Labute approximate surface area is 147 Å². The number of rotatable bonds is 4. The summed E-state index contributed by atoms with van der Waals surface area (Å²) in [6.07, 6.45) is 1.58. The van der Waals surface area contributed by atoms with E-state index in [-0.39, 0.29) is 24.1 Å². The van der Waals surface area contributed by atoms with Crippen LogP contribution in [0.15, 0.2) is 24.3 Å². The van der Waals surface area contributed by atoms with E-state index in [1.54, 1.807) is 0 Å². The number of nitrogens with one attached hydrogen (secondary N) is 1. The number of hydrogen-bond donors (Lipinski definition) is 2.